The SMILES string of the molecule is CCc1ccc2cc(-c3nc4cc(C(=O)N5CC(N)C6CCC5C6)cc(OC)n4c3C3CC3)n(CC3CC3)c2n1. The first-order valence-corrected chi connectivity index (χ1v) is 15.2. The van der Waals surface area contributed by atoms with Gasteiger partial charge in [-0.2, -0.15) is 0 Å². The van der Waals surface area contributed by atoms with Crippen LogP contribution in [0.4, 0.5) is 0 Å². The normalized spacial score (nSPS) is 24.4. The van der Waals surface area contributed by atoms with Crippen molar-refractivity contribution in [1.82, 2.24) is 23.8 Å². The number of ether oxygens (including phenoxy) is 1. The molecule has 8 nitrogen and oxygen atoms in total. The van der Waals surface area contributed by atoms with Gasteiger partial charge < -0.3 is 19.9 Å². The van der Waals surface area contributed by atoms with Gasteiger partial charge in [-0.1, -0.05) is 6.92 Å². The van der Waals surface area contributed by atoms with Crippen LogP contribution < -0.4 is 10.5 Å². The predicted octanol–water partition coefficient (Wildman–Crippen LogP) is 5.16. The molecule has 3 aliphatic carbocycles. The number of amides is 1. The molecular weight excluding hydrogens is 500 g/mol. The Morgan fingerprint density at radius 3 is 2.67 bits per heavy atom. The number of piperidine rings is 1. The van der Waals surface area contributed by atoms with Crippen LogP contribution in [0.2, 0.25) is 0 Å². The summed E-state index contributed by atoms with van der Waals surface area (Å²) in [5.41, 5.74) is 13.4. The number of nitrogens with two attached hydrogens (primary N) is 1. The Kier molecular flexibility index (Phi) is 5.53. The number of fused-ring (bicyclic) bond motifs is 4. The van der Waals surface area contributed by atoms with Crippen LogP contribution in [0.15, 0.2) is 30.3 Å². The van der Waals surface area contributed by atoms with Gasteiger partial charge >= 0.3 is 0 Å². The lowest BCUT2D eigenvalue weighted by Gasteiger charge is -2.37. The molecule has 3 unspecified atom stereocenters. The third-order valence-corrected chi connectivity index (χ3v) is 9.85. The number of rotatable bonds is 7. The van der Waals surface area contributed by atoms with Crippen molar-refractivity contribution in [2.75, 3.05) is 13.7 Å². The van der Waals surface area contributed by atoms with E-state index in [1.807, 2.05) is 17.0 Å². The number of carbonyl (C=O) groups excluding carboxylic acids is 1. The average molecular weight is 539 g/mol. The highest BCUT2D eigenvalue weighted by molar-refractivity contribution is 5.96. The molecular formula is C32H38N6O2. The highest BCUT2D eigenvalue weighted by Crippen LogP contribution is 2.47. The second kappa shape index (κ2) is 9.06. The number of hydrogen-bond acceptors (Lipinski definition) is 5. The molecule has 2 bridgehead atoms. The predicted molar refractivity (Wildman–Crippen MR) is 155 cm³/mol. The Balaban J connectivity index is 1.28. The van der Waals surface area contributed by atoms with E-state index in [0.717, 1.165) is 78.8 Å². The number of imidazole rings is 1. The van der Waals surface area contributed by atoms with E-state index in [1.165, 1.54) is 18.5 Å². The first kappa shape index (κ1) is 24.4. The van der Waals surface area contributed by atoms with Gasteiger partial charge in [-0.15, -0.1) is 0 Å². The molecule has 5 heterocycles. The van der Waals surface area contributed by atoms with Crippen LogP contribution in [0.3, 0.4) is 0 Å². The van der Waals surface area contributed by atoms with E-state index in [9.17, 15) is 4.79 Å². The first-order valence-electron chi connectivity index (χ1n) is 15.2. The Labute approximate surface area is 234 Å². The maximum atomic E-state index is 13.9. The molecule has 0 spiro atoms. The van der Waals surface area contributed by atoms with Gasteiger partial charge in [0.1, 0.15) is 17.0 Å². The van der Waals surface area contributed by atoms with Crippen LogP contribution in [0.1, 0.15) is 79.5 Å². The molecule has 8 heteroatoms. The molecule has 0 aromatic carbocycles. The van der Waals surface area contributed by atoms with Gasteiger partial charge in [-0.25, -0.2) is 9.97 Å². The Morgan fingerprint density at radius 1 is 1.07 bits per heavy atom. The fraction of sp³-hybridized carbons (Fsp3) is 0.531. The van der Waals surface area contributed by atoms with Gasteiger partial charge in [0.2, 0.25) is 0 Å². The highest BCUT2D eigenvalue weighted by Gasteiger charge is 2.41. The third kappa shape index (κ3) is 3.86. The molecule has 4 fully saturated rings. The molecule has 208 valence electrons. The molecule has 8 rings (SSSR count). The number of methoxy groups -OCH3 is 1. The number of hydrogen-bond donors (Lipinski definition) is 1. The number of likely N-dealkylation sites (tertiary alicyclic amines) is 1. The molecule has 1 amide bonds. The molecule has 3 atom stereocenters. The van der Waals surface area contributed by atoms with E-state index in [0.29, 0.717) is 35.7 Å². The maximum absolute atomic E-state index is 13.9. The average Bonchev–Trinajstić information content (AvgIpc) is 3.88. The molecule has 3 saturated carbocycles. The van der Waals surface area contributed by atoms with Crippen LogP contribution in [-0.2, 0) is 13.0 Å². The lowest BCUT2D eigenvalue weighted by Crippen LogP contribution is -2.51. The zero-order chi connectivity index (χ0) is 27.1. The number of aryl methyl sites for hydroxylation is 1. The minimum absolute atomic E-state index is 0.0401. The molecule has 1 aliphatic heterocycles. The highest BCUT2D eigenvalue weighted by atomic mass is 16.5. The fourth-order valence-corrected chi connectivity index (χ4v) is 7.26. The number of nitrogens with zero attached hydrogens (tertiary/aromatic N) is 5. The quantitative estimate of drug-likeness (QED) is 0.351. The van der Waals surface area contributed by atoms with E-state index in [-0.39, 0.29) is 18.0 Å². The lowest BCUT2D eigenvalue weighted by molar-refractivity contribution is 0.0603. The van der Waals surface area contributed by atoms with Crippen molar-refractivity contribution in [3.05, 3.63) is 47.3 Å². The zero-order valence-corrected chi connectivity index (χ0v) is 23.5. The van der Waals surface area contributed by atoms with Gasteiger partial charge in [0.25, 0.3) is 5.91 Å². The summed E-state index contributed by atoms with van der Waals surface area (Å²) < 4.78 is 10.5. The number of aromatic nitrogens is 4. The van der Waals surface area contributed by atoms with Gasteiger partial charge in [-0.3, -0.25) is 9.20 Å². The van der Waals surface area contributed by atoms with Gasteiger partial charge in [0.15, 0.2) is 5.88 Å². The van der Waals surface area contributed by atoms with Crippen LogP contribution in [-0.4, -0.2) is 55.5 Å². The Hall–Kier alpha value is -3.39. The maximum Gasteiger partial charge on any atom is 0.254 e. The standard InChI is InChI=1S/C32H38N6O2/c1-3-23-10-8-21-13-26(37(31(21)34-23)16-18-4-5-18)29-30(19-6-7-19)38-27(35-29)14-22(15-28(38)40-2)32(39)36-17-25(33)20-9-11-24(36)12-20/h8,10,13-15,18-20,24-25H,3-7,9,11-12,16-17,33H2,1-2H3. The number of carbonyl (C=O) groups is 1. The molecule has 1 saturated heterocycles. The summed E-state index contributed by atoms with van der Waals surface area (Å²) in [5.74, 6) is 2.39. The van der Waals surface area contributed by atoms with Gasteiger partial charge in [0.05, 0.1) is 18.5 Å². The summed E-state index contributed by atoms with van der Waals surface area (Å²) in [6.07, 6.45) is 8.92. The van der Waals surface area contributed by atoms with E-state index < -0.39 is 0 Å². The van der Waals surface area contributed by atoms with Crippen LogP contribution in [0.5, 0.6) is 5.88 Å². The van der Waals surface area contributed by atoms with Crippen molar-refractivity contribution in [3.8, 4) is 17.3 Å². The van der Waals surface area contributed by atoms with Gasteiger partial charge in [-0.05, 0) is 87.5 Å². The van der Waals surface area contributed by atoms with Crippen LogP contribution >= 0.6 is 0 Å². The minimum atomic E-state index is 0.0401. The molecule has 4 aliphatic rings. The van der Waals surface area contributed by atoms with Crippen molar-refractivity contribution < 1.29 is 9.53 Å². The third-order valence-electron chi connectivity index (χ3n) is 9.85. The zero-order valence-electron chi connectivity index (χ0n) is 23.5. The van der Waals surface area contributed by atoms with Crippen molar-refractivity contribution in [2.45, 2.75) is 82.8 Å². The monoisotopic (exact) mass is 538 g/mol. The molecule has 2 N–H and O–H groups in total. The molecule has 4 aromatic rings. The van der Waals surface area contributed by atoms with E-state index >= 15 is 0 Å². The van der Waals surface area contributed by atoms with Gasteiger partial charge in [0, 0.05) is 53.8 Å². The molecule has 4 aromatic heterocycles. The van der Waals surface area contributed by atoms with Crippen LogP contribution in [0.25, 0.3) is 28.1 Å². The Morgan fingerprint density at radius 2 is 1.93 bits per heavy atom. The summed E-state index contributed by atoms with van der Waals surface area (Å²) in [6, 6.07) is 10.8. The summed E-state index contributed by atoms with van der Waals surface area (Å²) in [4.78, 5) is 26.2. The summed E-state index contributed by atoms with van der Waals surface area (Å²) in [5, 5.41) is 1.16. The van der Waals surface area contributed by atoms with Crippen LogP contribution in [0, 0.1) is 11.8 Å². The first-order chi connectivity index (χ1) is 19.5. The summed E-state index contributed by atoms with van der Waals surface area (Å²) in [7, 11) is 1.69. The summed E-state index contributed by atoms with van der Waals surface area (Å²) in [6.45, 7) is 3.75. The van der Waals surface area contributed by atoms with E-state index in [2.05, 4.69) is 34.1 Å². The number of pyridine rings is 2. The molecule has 40 heavy (non-hydrogen) atoms. The topological polar surface area (TPSA) is 90.7 Å². The smallest absolute Gasteiger partial charge is 0.254 e. The van der Waals surface area contributed by atoms with Crippen molar-refractivity contribution in [3.63, 3.8) is 0 Å². The summed E-state index contributed by atoms with van der Waals surface area (Å²) >= 11 is 0. The van der Waals surface area contributed by atoms with Crippen molar-refractivity contribution >= 4 is 22.6 Å². The Bertz CT molecular complexity index is 1640. The lowest BCUT2D eigenvalue weighted by atomic mass is 9.94. The second-order valence-electron chi connectivity index (χ2n) is 12.6. The fourth-order valence-electron chi connectivity index (χ4n) is 7.26. The minimum Gasteiger partial charge on any atom is -0.482 e. The second-order valence-corrected chi connectivity index (χ2v) is 12.6. The van der Waals surface area contributed by atoms with E-state index in [1.54, 1.807) is 7.11 Å². The van der Waals surface area contributed by atoms with Crippen molar-refractivity contribution in [1.29, 1.82) is 0 Å². The molecule has 0 radical (unpaired) electrons. The largest absolute Gasteiger partial charge is 0.482 e. The van der Waals surface area contributed by atoms with E-state index in [4.69, 9.17) is 20.4 Å². The van der Waals surface area contributed by atoms with Crippen molar-refractivity contribution in [2.24, 2.45) is 17.6 Å².